The van der Waals surface area contributed by atoms with Crippen molar-refractivity contribution in [3.63, 3.8) is 0 Å². The Labute approximate surface area is 175 Å². The Morgan fingerprint density at radius 2 is 1.50 bits per heavy atom. The van der Waals surface area contributed by atoms with Crippen molar-refractivity contribution in [3.05, 3.63) is 76.1 Å². The lowest BCUT2D eigenvalue weighted by molar-refractivity contribution is 0.586. The van der Waals surface area contributed by atoms with Crippen molar-refractivity contribution in [1.29, 1.82) is 0 Å². The molecule has 0 amide bonds. The molecule has 5 nitrogen and oxygen atoms in total. The molecular weight excluding hydrogens is 408 g/mol. The minimum atomic E-state index is -3.79. The summed E-state index contributed by atoms with van der Waals surface area (Å²) in [4.78, 5) is 4.19. The molecule has 0 aliphatic rings. The molecule has 0 aliphatic heterocycles. The van der Waals surface area contributed by atoms with Crippen molar-refractivity contribution in [2.45, 2.75) is 56.9 Å². The van der Waals surface area contributed by atoms with E-state index in [1.54, 1.807) is 0 Å². The van der Waals surface area contributed by atoms with Gasteiger partial charge in [0.1, 0.15) is 17.5 Å². The van der Waals surface area contributed by atoms with E-state index in [2.05, 4.69) is 15.2 Å². The molecule has 0 fully saturated rings. The number of benzene rings is 2. The maximum atomic E-state index is 14.1. The van der Waals surface area contributed by atoms with E-state index in [-0.39, 0.29) is 28.6 Å². The maximum absolute atomic E-state index is 14.1. The number of hydrogen-bond donors (Lipinski definition) is 1. The van der Waals surface area contributed by atoms with E-state index in [1.807, 2.05) is 27.7 Å². The molecule has 1 aromatic heterocycles. The summed E-state index contributed by atoms with van der Waals surface area (Å²) in [7, 11) is -3.79. The molecule has 0 saturated carbocycles. The Morgan fingerprint density at radius 1 is 0.933 bits per heavy atom. The number of rotatable bonds is 7. The highest BCUT2D eigenvalue weighted by Gasteiger charge is 2.23. The van der Waals surface area contributed by atoms with Crippen LogP contribution < -0.4 is 0 Å². The average molecular weight is 434 g/mol. The van der Waals surface area contributed by atoms with Gasteiger partial charge >= 0.3 is 0 Å². The molecule has 0 bridgehead atoms. The Morgan fingerprint density at radius 3 is 2.03 bits per heavy atom. The molecule has 3 aromatic rings. The van der Waals surface area contributed by atoms with Gasteiger partial charge in [-0.05, 0) is 58.4 Å². The van der Waals surface area contributed by atoms with E-state index >= 15 is 0 Å². The smallest absolute Gasteiger partial charge is 0.262 e. The predicted molar refractivity (Wildman–Crippen MR) is 111 cm³/mol. The molecule has 30 heavy (non-hydrogen) atoms. The molecule has 160 valence electrons. The van der Waals surface area contributed by atoms with Crippen molar-refractivity contribution < 1.29 is 17.2 Å². The normalized spacial score (nSPS) is 12.1. The lowest BCUT2D eigenvalue weighted by atomic mass is 9.87. The zero-order valence-electron chi connectivity index (χ0n) is 17.4. The molecule has 0 radical (unpaired) electrons. The summed E-state index contributed by atoms with van der Waals surface area (Å²) in [6, 6.07) is 8.31. The largest absolute Gasteiger partial charge is 0.267 e. The Balaban J connectivity index is 1.91. The highest BCUT2D eigenvalue weighted by Crippen LogP contribution is 2.30. The van der Waals surface area contributed by atoms with Gasteiger partial charge in [0.05, 0.1) is 5.75 Å². The lowest BCUT2D eigenvalue weighted by Gasteiger charge is -2.19. The van der Waals surface area contributed by atoms with Crippen molar-refractivity contribution in [2.24, 2.45) is 0 Å². The number of nitrogens with one attached hydrogen (secondary N) is 1. The fraction of sp³-hybridized carbons (Fsp3) is 0.364. The van der Waals surface area contributed by atoms with Gasteiger partial charge in [-0.15, -0.1) is 5.10 Å². The van der Waals surface area contributed by atoms with Crippen molar-refractivity contribution in [3.8, 4) is 0 Å². The molecule has 0 aliphatic carbocycles. The molecule has 2 aromatic carbocycles. The SMILES string of the molecule is CC(C)c1cc(F)cc(C(C)C)c1Cc1nc(S(=O)(=O)Cc2ccc(F)cc2)n[nH]1. The molecule has 8 heteroatoms. The highest BCUT2D eigenvalue weighted by molar-refractivity contribution is 7.90. The van der Waals surface area contributed by atoms with E-state index in [9.17, 15) is 17.2 Å². The summed E-state index contributed by atoms with van der Waals surface area (Å²) in [5.41, 5.74) is 3.11. The van der Waals surface area contributed by atoms with Gasteiger partial charge in [0.15, 0.2) is 0 Å². The second-order valence-corrected chi connectivity index (χ2v) is 9.88. The number of nitrogens with zero attached hydrogens (tertiary/aromatic N) is 2. The fourth-order valence-corrected chi connectivity index (χ4v) is 4.64. The first-order valence-corrected chi connectivity index (χ1v) is 11.4. The Kier molecular flexibility index (Phi) is 6.36. The first-order chi connectivity index (χ1) is 14.1. The van der Waals surface area contributed by atoms with Crippen LogP contribution in [0.25, 0.3) is 0 Å². The van der Waals surface area contributed by atoms with Gasteiger partial charge in [-0.25, -0.2) is 22.2 Å². The Bertz CT molecular complexity index is 1110. The van der Waals surface area contributed by atoms with Crippen LogP contribution in [0.4, 0.5) is 8.78 Å². The average Bonchev–Trinajstić information content (AvgIpc) is 3.14. The van der Waals surface area contributed by atoms with Crippen LogP contribution in [0.15, 0.2) is 41.6 Å². The number of hydrogen-bond acceptors (Lipinski definition) is 4. The third-order valence-electron chi connectivity index (χ3n) is 4.93. The monoisotopic (exact) mass is 433 g/mol. The summed E-state index contributed by atoms with van der Waals surface area (Å²) in [6.45, 7) is 7.95. The van der Waals surface area contributed by atoms with Crippen LogP contribution in [0.3, 0.4) is 0 Å². The van der Waals surface area contributed by atoms with Crippen LogP contribution in [-0.4, -0.2) is 23.6 Å². The summed E-state index contributed by atoms with van der Waals surface area (Å²) in [5.74, 6) is -0.460. The number of H-pyrrole nitrogens is 1. The van der Waals surface area contributed by atoms with Crippen LogP contribution in [0, 0.1) is 11.6 Å². The molecule has 1 heterocycles. The third-order valence-corrected chi connectivity index (χ3v) is 6.38. The highest BCUT2D eigenvalue weighted by atomic mass is 32.2. The number of aromatic nitrogens is 3. The van der Waals surface area contributed by atoms with Gasteiger partial charge in [-0.1, -0.05) is 39.8 Å². The third kappa shape index (κ3) is 4.92. The van der Waals surface area contributed by atoms with Gasteiger partial charge in [-0.2, -0.15) is 0 Å². The van der Waals surface area contributed by atoms with Crippen LogP contribution in [0.1, 0.15) is 67.6 Å². The number of halogens is 2. The zero-order valence-corrected chi connectivity index (χ0v) is 18.2. The topological polar surface area (TPSA) is 75.7 Å². The van der Waals surface area contributed by atoms with Crippen LogP contribution >= 0.6 is 0 Å². The minimum absolute atomic E-state index is 0.0952. The summed E-state index contributed by atoms with van der Waals surface area (Å²) >= 11 is 0. The molecule has 0 spiro atoms. The maximum Gasteiger partial charge on any atom is 0.267 e. The lowest BCUT2D eigenvalue weighted by Crippen LogP contribution is -2.08. The molecular formula is C22H25F2N3O2S. The first-order valence-electron chi connectivity index (χ1n) is 9.77. The zero-order chi connectivity index (χ0) is 22.1. The first kappa shape index (κ1) is 22.1. The second kappa shape index (κ2) is 8.63. The second-order valence-electron chi connectivity index (χ2n) is 8.00. The Hall–Kier alpha value is -2.61. The van der Waals surface area contributed by atoms with Gasteiger partial charge in [-0.3, -0.25) is 5.10 Å². The van der Waals surface area contributed by atoms with Gasteiger partial charge in [0.25, 0.3) is 5.16 Å². The van der Waals surface area contributed by atoms with Crippen LogP contribution in [0.2, 0.25) is 0 Å². The van der Waals surface area contributed by atoms with E-state index in [0.717, 1.165) is 16.7 Å². The fourth-order valence-electron chi connectivity index (χ4n) is 3.44. The van der Waals surface area contributed by atoms with E-state index in [4.69, 9.17) is 0 Å². The van der Waals surface area contributed by atoms with E-state index in [1.165, 1.54) is 36.4 Å². The summed E-state index contributed by atoms with van der Waals surface area (Å²) in [6.07, 6.45) is 0.320. The molecule has 0 atom stereocenters. The van der Waals surface area contributed by atoms with E-state index in [0.29, 0.717) is 17.8 Å². The van der Waals surface area contributed by atoms with Crippen molar-refractivity contribution in [2.75, 3.05) is 0 Å². The summed E-state index contributed by atoms with van der Waals surface area (Å²) in [5, 5.41) is 6.30. The van der Waals surface area contributed by atoms with Crippen molar-refractivity contribution >= 4 is 9.84 Å². The minimum Gasteiger partial charge on any atom is -0.262 e. The standard InChI is InChI=1S/C22H25F2N3O2S/c1-13(2)18-9-17(24)10-19(14(3)4)20(18)11-21-25-22(27-26-21)30(28,29)12-15-5-7-16(23)8-6-15/h5-10,13-14H,11-12H2,1-4H3,(H,25,26,27). The van der Waals surface area contributed by atoms with Crippen LogP contribution in [-0.2, 0) is 22.0 Å². The van der Waals surface area contributed by atoms with Gasteiger partial charge in [0.2, 0.25) is 9.84 Å². The number of sulfone groups is 1. The summed E-state index contributed by atoms with van der Waals surface area (Å²) < 4.78 is 52.5. The number of aromatic amines is 1. The predicted octanol–water partition coefficient (Wildman–Crippen LogP) is 4.89. The van der Waals surface area contributed by atoms with Gasteiger partial charge < -0.3 is 0 Å². The quantitative estimate of drug-likeness (QED) is 0.575. The molecule has 3 rings (SSSR count). The molecule has 1 N–H and O–H groups in total. The van der Waals surface area contributed by atoms with Crippen molar-refractivity contribution in [1.82, 2.24) is 15.2 Å². The molecule has 0 saturated heterocycles. The molecule has 0 unspecified atom stereocenters. The van der Waals surface area contributed by atoms with E-state index < -0.39 is 15.7 Å². The van der Waals surface area contributed by atoms with Crippen LogP contribution in [0.5, 0.6) is 0 Å². The van der Waals surface area contributed by atoms with Gasteiger partial charge in [0, 0.05) is 6.42 Å².